The number of rotatable bonds is 16. The molecule has 0 unspecified atom stereocenters. The van der Waals surface area contributed by atoms with Crippen molar-refractivity contribution in [2.24, 2.45) is 0 Å². The van der Waals surface area contributed by atoms with Crippen LogP contribution in [0.5, 0.6) is 0 Å². The first-order chi connectivity index (χ1) is 70.3. The lowest BCUT2D eigenvalue weighted by Crippen LogP contribution is -2.02. The third-order valence-corrected chi connectivity index (χ3v) is 26.8. The van der Waals surface area contributed by atoms with Gasteiger partial charge in [0.2, 0.25) is 0 Å². The molecule has 7 aromatic heterocycles. The summed E-state index contributed by atoms with van der Waals surface area (Å²) in [6.07, 6.45) is 0. The molecular weight excluding hydrogens is 1730 g/mol. The second-order valence-corrected chi connectivity index (χ2v) is 35.1. The van der Waals surface area contributed by atoms with Crippen molar-refractivity contribution in [2.45, 2.75) is 0 Å². The summed E-state index contributed by atoms with van der Waals surface area (Å²) in [5.41, 5.74) is 30.7. The zero-order valence-electron chi connectivity index (χ0n) is 76.3. The summed E-state index contributed by atoms with van der Waals surface area (Å²) in [6.45, 7) is 8.03. The number of benzene rings is 19. The Hall–Kier alpha value is -20.0. The molecule has 0 amide bonds. The van der Waals surface area contributed by atoms with Gasteiger partial charge in [-0.3, -0.25) is 0 Å². The largest absolute Gasteiger partial charge is 0.309 e. The van der Waals surface area contributed by atoms with Crippen molar-refractivity contribution in [3.63, 3.8) is 0 Å². The third kappa shape index (κ3) is 14.9. The van der Waals surface area contributed by atoms with Crippen molar-refractivity contribution in [2.75, 3.05) is 0 Å². The summed E-state index contributed by atoms with van der Waals surface area (Å²) in [5.74, 6) is 3.16. The van der Waals surface area contributed by atoms with Crippen molar-refractivity contribution < 1.29 is 0 Å². The standard InChI is InChI=1S/C67H43N7.C61H35N7/c1-5-21-44(22-6-1)56-43-57(69-64(68-56)45-23-7-2-8-24-45)48-37-39-62(54(41-48)52-31-15-19-35-60(52)73-58-33-17-13-29-50(58)51-30-14-18-34-59(51)73)74-61-36-20-16-32-53(61)55-42-49(38-40-63(55)74)67-71-65(46-25-9-3-10-26-46)70-66(72-67)47-27-11-4-12-28-47;1-64-53-33-39(37-62)32-44(38-63)60(53)43-29-31-59-50(35-43)48-23-11-15-27-57(48)68(59)58-30-28-42(52-36-51(40-16-4-2-5-17-40)65-61(66-52)41-18-6-3-7-19-41)34-49(58)47-22-10-14-26-56(47)67-54-24-12-8-20-45(54)46-21-9-13-25-55(46)67/h1-43H;2-36H. The van der Waals surface area contributed by atoms with Crippen LogP contribution in [0.4, 0.5) is 5.69 Å². The molecule has 0 bridgehead atoms. The Morgan fingerprint density at radius 1 is 0.197 bits per heavy atom. The summed E-state index contributed by atoms with van der Waals surface area (Å²) in [4.78, 5) is 39.9. The maximum absolute atomic E-state index is 10.3. The Morgan fingerprint density at radius 3 is 0.810 bits per heavy atom. The second kappa shape index (κ2) is 35.7. The third-order valence-electron chi connectivity index (χ3n) is 26.8. The van der Waals surface area contributed by atoms with E-state index in [9.17, 15) is 10.5 Å². The quantitative estimate of drug-likeness (QED) is 0.0857. The van der Waals surface area contributed by atoms with Gasteiger partial charge in [-0.15, -0.1) is 0 Å². The smallest absolute Gasteiger partial charge is 0.197 e. The number of fused-ring (bicyclic) bond motifs is 12. The highest BCUT2D eigenvalue weighted by Crippen LogP contribution is 2.49. The van der Waals surface area contributed by atoms with Crippen LogP contribution in [0.1, 0.15) is 11.1 Å². The van der Waals surface area contributed by atoms with Gasteiger partial charge in [-0.25, -0.2) is 39.7 Å². The van der Waals surface area contributed by atoms with E-state index in [-0.39, 0.29) is 16.8 Å². The molecule has 14 heteroatoms. The van der Waals surface area contributed by atoms with Crippen molar-refractivity contribution in [1.29, 1.82) is 10.5 Å². The minimum atomic E-state index is 0.263. The Kier molecular flexibility index (Phi) is 21.1. The molecule has 19 aromatic carbocycles. The lowest BCUT2D eigenvalue weighted by atomic mass is 9.95. The van der Waals surface area contributed by atoms with Gasteiger partial charge in [-0.2, -0.15) is 10.5 Å². The van der Waals surface area contributed by atoms with Crippen molar-refractivity contribution in [3.8, 4) is 170 Å². The Balaban J connectivity index is 0.000000150. The molecule has 0 aliphatic carbocycles. The molecule has 0 atom stereocenters. The van der Waals surface area contributed by atoms with E-state index in [0.29, 0.717) is 34.7 Å². The molecule has 0 radical (unpaired) electrons. The number of hydrogen-bond donors (Lipinski definition) is 0. The normalized spacial score (nSPS) is 11.4. The number of nitrogens with zero attached hydrogens (tertiary/aromatic N) is 14. The van der Waals surface area contributed by atoms with E-state index in [1.165, 1.54) is 21.5 Å². The van der Waals surface area contributed by atoms with Gasteiger partial charge in [0.15, 0.2) is 34.8 Å². The van der Waals surface area contributed by atoms with Crippen LogP contribution in [0.3, 0.4) is 0 Å². The van der Waals surface area contributed by atoms with Gasteiger partial charge < -0.3 is 18.3 Å². The van der Waals surface area contributed by atoms with Gasteiger partial charge in [0, 0.05) is 127 Å². The molecule has 26 rings (SSSR count). The minimum Gasteiger partial charge on any atom is -0.309 e. The van der Waals surface area contributed by atoms with Gasteiger partial charge in [0.25, 0.3) is 0 Å². The van der Waals surface area contributed by atoms with Crippen molar-refractivity contribution >= 4 is 92.9 Å². The molecule has 142 heavy (non-hydrogen) atoms. The van der Waals surface area contributed by atoms with Crippen LogP contribution in [0.2, 0.25) is 0 Å². The second-order valence-electron chi connectivity index (χ2n) is 35.1. The number of hydrogen-bond acceptors (Lipinski definition) is 9. The predicted octanol–water partition coefficient (Wildman–Crippen LogP) is 31.8. The zero-order chi connectivity index (χ0) is 94.7. The molecule has 0 aliphatic heterocycles. The van der Waals surface area contributed by atoms with Crippen molar-refractivity contribution in [1.82, 2.24) is 53.2 Å². The average Bonchev–Trinajstić information content (AvgIpc) is 1.63. The molecule has 26 aromatic rings. The summed E-state index contributed by atoms with van der Waals surface area (Å²) in [6, 6.07) is 168. The monoisotopic (exact) mass is 1810 g/mol. The zero-order valence-corrected chi connectivity index (χ0v) is 76.3. The van der Waals surface area contributed by atoms with Crippen LogP contribution in [0.15, 0.2) is 473 Å². The Morgan fingerprint density at radius 2 is 0.465 bits per heavy atom. The number of nitriles is 2. The first-order valence-electron chi connectivity index (χ1n) is 47.1. The van der Waals surface area contributed by atoms with Crippen LogP contribution in [-0.4, -0.2) is 53.2 Å². The fourth-order valence-electron chi connectivity index (χ4n) is 20.4. The summed E-state index contributed by atoms with van der Waals surface area (Å²) < 4.78 is 9.53. The van der Waals surface area contributed by atoms with Gasteiger partial charge in [0.1, 0.15) is 0 Å². The predicted molar refractivity (Wildman–Crippen MR) is 576 cm³/mol. The molecule has 0 spiro atoms. The molecular formula is C128H78N14. The molecule has 7 heterocycles. The van der Waals surface area contributed by atoms with Gasteiger partial charge in [-0.05, 0) is 133 Å². The fraction of sp³-hybridized carbons (Fsp3) is 0. The molecule has 0 saturated carbocycles. The Bertz CT molecular complexity index is 9330. The lowest BCUT2D eigenvalue weighted by Gasteiger charge is -2.20. The van der Waals surface area contributed by atoms with E-state index in [0.717, 1.165) is 189 Å². The van der Waals surface area contributed by atoms with Gasteiger partial charge in [0.05, 0.1) is 114 Å². The maximum Gasteiger partial charge on any atom is 0.197 e. The first kappa shape index (κ1) is 83.8. The van der Waals surface area contributed by atoms with E-state index in [1.807, 2.05) is 146 Å². The Labute approximate surface area is 817 Å². The van der Waals surface area contributed by atoms with Crippen LogP contribution in [-0.2, 0) is 0 Å². The van der Waals surface area contributed by atoms with E-state index >= 15 is 0 Å². The highest BCUT2D eigenvalue weighted by atomic mass is 15.1. The molecule has 0 aliphatic rings. The molecule has 0 N–H and O–H groups in total. The van der Waals surface area contributed by atoms with E-state index < -0.39 is 0 Å². The summed E-state index contributed by atoms with van der Waals surface area (Å²) in [5, 5.41) is 28.9. The first-order valence-corrected chi connectivity index (χ1v) is 47.1. The highest BCUT2D eigenvalue weighted by molar-refractivity contribution is 6.15. The van der Waals surface area contributed by atoms with E-state index in [1.54, 1.807) is 12.1 Å². The van der Waals surface area contributed by atoms with Crippen LogP contribution < -0.4 is 0 Å². The van der Waals surface area contributed by atoms with Crippen LogP contribution in [0, 0.1) is 29.2 Å². The van der Waals surface area contributed by atoms with Gasteiger partial charge in [-0.1, -0.05) is 346 Å². The average molecular weight is 1810 g/mol. The fourth-order valence-corrected chi connectivity index (χ4v) is 20.4. The van der Waals surface area contributed by atoms with E-state index in [2.05, 4.69) is 351 Å². The minimum absolute atomic E-state index is 0.263. The van der Waals surface area contributed by atoms with Crippen LogP contribution >= 0.6 is 0 Å². The maximum atomic E-state index is 10.3. The number of para-hydroxylation sites is 8. The topological polar surface area (TPSA) is 162 Å². The highest BCUT2D eigenvalue weighted by Gasteiger charge is 2.28. The summed E-state index contributed by atoms with van der Waals surface area (Å²) >= 11 is 0. The molecule has 660 valence electrons. The molecule has 0 fully saturated rings. The summed E-state index contributed by atoms with van der Waals surface area (Å²) in [7, 11) is 0. The van der Waals surface area contributed by atoms with Gasteiger partial charge >= 0.3 is 0 Å². The van der Waals surface area contributed by atoms with Crippen molar-refractivity contribution in [3.05, 3.63) is 496 Å². The number of aromatic nitrogens is 11. The molecule has 14 nitrogen and oxygen atoms in total. The van der Waals surface area contributed by atoms with E-state index in [4.69, 9.17) is 41.5 Å². The lowest BCUT2D eigenvalue weighted by molar-refractivity contribution is 1.07. The van der Waals surface area contributed by atoms with Crippen LogP contribution in [0.25, 0.3) is 250 Å². The molecule has 0 saturated heterocycles. The SMILES string of the molecule is [C-]#[N+]c1cc(C#N)cc(C#N)c1-c1ccc2c(c1)c1ccccc1n2-c1ccc(-c2cc(-c3ccccc3)nc(-c3ccccc3)n2)cc1-c1ccccc1-n1c2ccccc2c2ccccc21.c1ccc(-c2cc(-c3ccc(-n4c5ccccc5c5cc(-c6nc(-c7ccccc7)nc(-c7ccccc7)n6)ccc54)c(-c4ccccc4-n4c5ccccc5c5ccccc54)c3)nc(-c3ccccc3)n2)cc1.